The second-order valence-corrected chi connectivity index (χ2v) is 4.27. The highest BCUT2D eigenvalue weighted by molar-refractivity contribution is 5.91. The van der Waals surface area contributed by atoms with Crippen LogP contribution in [0.2, 0.25) is 0 Å². The van der Waals surface area contributed by atoms with Crippen LogP contribution in [0.3, 0.4) is 0 Å². The number of carbonyl (C=O) groups is 1. The molecule has 0 radical (unpaired) electrons. The normalized spacial score (nSPS) is 10.8. The van der Waals surface area contributed by atoms with E-state index >= 15 is 0 Å². The quantitative estimate of drug-likeness (QED) is 0.748. The van der Waals surface area contributed by atoms with Crippen LogP contribution in [0, 0.1) is 6.92 Å². The highest BCUT2D eigenvalue weighted by atomic mass is 16.5. The van der Waals surface area contributed by atoms with Gasteiger partial charge in [-0.25, -0.2) is 4.98 Å². The molecule has 2 heterocycles. The zero-order valence-electron chi connectivity index (χ0n) is 10.3. The minimum absolute atomic E-state index is 0.256. The molecule has 0 saturated carbocycles. The number of nitrogens with zero attached hydrogens (tertiary/aromatic N) is 2. The number of imidazole rings is 1. The van der Waals surface area contributed by atoms with Gasteiger partial charge in [-0.1, -0.05) is 11.2 Å². The van der Waals surface area contributed by atoms with Crippen LogP contribution in [0.1, 0.15) is 21.9 Å². The first-order chi connectivity index (χ1) is 9.22. The fraction of sp³-hybridized carbons (Fsp3) is 0.154. The molecule has 0 spiro atoms. The average Bonchev–Trinajstić information content (AvgIpc) is 3.04. The maximum absolute atomic E-state index is 11.7. The lowest BCUT2D eigenvalue weighted by atomic mass is 10.2. The van der Waals surface area contributed by atoms with Gasteiger partial charge in [0, 0.05) is 6.07 Å². The maximum atomic E-state index is 11.7. The first-order valence-corrected chi connectivity index (χ1v) is 5.86. The Morgan fingerprint density at radius 1 is 1.42 bits per heavy atom. The largest absolute Gasteiger partial charge is 0.364 e. The maximum Gasteiger partial charge on any atom is 0.273 e. The van der Waals surface area contributed by atoms with Crippen molar-refractivity contribution in [3.05, 3.63) is 47.6 Å². The van der Waals surface area contributed by atoms with Gasteiger partial charge in [0.2, 0.25) is 0 Å². The first-order valence-electron chi connectivity index (χ1n) is 5.86. The molecule has 3 rings (SSSR count). The van der Waals surface area contributed by atoms with Crippen LogP contribution in [0.4, 0.5) is 0 Å². The summed E-state index contributed by atoms with van der Waals surface area (Å²) in [4.78, 5) is 19.2. The fourth-order valence-electron chi connectivity index (χ4n) is 1.84. The van der Waals surface area contributed by atoms with E-state index in [2.05, 4.69) is 25.0 Å². The molecule has 0 aliphatic rings. The number of benzene rings is 1. The predicted octanol–water partition coefficient (Wildman–Crippen LogP) is 1.79. The van der Waals surface area contributed by atoms with Gasteiger partial charge in [0.1, 0.15) is 12.1 Å². The number of amides is 1. The van der Waals surface area contributed by atoms with Crippen molar-refractivity contribution < 1.29 is 9.32 Å². The molecule has 2 N–H and O–H groups in total. The summed E-state index contributed by atoms with van der Waals surface area (Å²) in [5, 5.41) is 6.29. The Bertz CT molecular complexity index is 715. The van der Waals surface area contributed by atoms with E-state index in [4.69, 9.17) is 0 Å². The summed E-state index contributed by atoms with van der Waals surface area (Å²) in [5.74, 6) is 0.419. The Hall–Kier alpha value is -2.63. The van der Waals surface area contributed by atoms with E-state index in [1.807, 2.05) is 25.1 Å². The molecule has 0 bridgehead atoms. The molecule has 6 nitrogen and oxygen atoms in total. The summed E-state index contributed by atoms with van der Waals surface area (Å²) in [6, 6.07) is 7.48. The van der Waals surface area contributed by atoms with E-state index in [1.165, 1.54) is 12.3 Å². The second kappa shape index (κ2) is 4.56. The number of fused-ring (bicyclic) bond motifs is 1. The smallest absolute Gasteiger partial charge is 0.273 e. The van der Waals surface area contributed by atoms with Gasteiger partial charge in [0.25, 0.3) is 5.91 Å². The Labute approximate surface area is 108 Å². The van der Waals surface area contributed by atoms with E-state index in [0.717, 1.165) is 16.6 Å². The monoisotopic (exact) mass is 256 g/mol. The number of carbonyl (C=O) groups excluding carboxylic acids is 1. The van der Waals surface area contributed by atoms with Crippen molar-refractivity contribution in [3.8, 4) is 0 Å². The van der Waals surface area contributed by atoms with E-state index in [9.17, 15) is 4.79 Å². The van der Waals surface area contributed by atoms with Crippen LogP contribution < -0.4 is 5.32 Å². The van der Waals surface area contributed by atoms with Gasteiger partial charge >= 0.3 is 0 Å². The Balaban J connectivity index is 1.73. The van der Waals surface area contributed by atoms with Crippen LogP contribution in [-0.4, -0.2) is 21.0 Å². The molecule has 1 amide bonds. The number of hydrogen-bond donors (Lipinski definition) is 2. The van der Waals surface area contributed by atoms with Crippen LogP contribution in [0.25, 0.3) is 11.0 Å². The Morgan fingerprint density at radius 3 is 3.11 bits per heavy atom. The van der Waals surface area contributed by atoms with Gasteiger partial charge in [0.15, 0.2) is 5.69 Å². The van der Waals surface area contributed by atoms with Gasteiger partial charge in [-0.2, -0.15) is 0 Å². The summed E-state index contributed by atoms with van der Waals surface area (Å²) < 4.78 is 4.61. The Kier molecular flexibility index (Phi) is 2.75. The molecule has 96 valence electrons. The number of rotatable bonds is 3. The van der Waals surface area contributed by atoms with Crippen molar-refractivity contribution in [2.75, 3.05) is 0 Å². The third kappa shape index (κ3) is 2.33. The van der Waals surface area contributed by atoms with E-state index in [-0.39, 0.29) is 11.6 Å². The fourth-order valence-corrected chi connectivity index (χ4v) is 1.84. The van der Waals surface area contributed by atoms with Crippen molar-refractivity contribution >= 4 is 16.9 Å². The summed E-state index contributed by atoms with van der Waals surface area (Å²) in [7, 11) is 0. The second-order valence-electron chi connectivity index (χ2n) is 4.27. The number of aromatic amines is 1. The molecule has 0 aliphatic heterocycles. The molecule has 2 aromatic heterocycles. The number of hydrogen-bond acceptors (Lipinski definition) is 4. The molecule has 19 heavy (non-hydrogen) atoms. The van der Waals surface area contributed by atoms with Gasteiger partial charge in [-0.15, -0.1) is 0 Å². The van der Waals surface area contributed by atoms with Crippen LogP contribution >= 0.6 is 0 Å². The van der Waals surface area contributed by atoms with Gasteiger partial charge in [-0.05, 0) is 24.6 Å². The van der Waals surface area contributed by atoms with Crippen LogP contribution in [-0.2, 0) is 6.54 Å². The summed E-state index contributed by atoms with van der Waals surface area (Å²) in [5.41, 5.74) is 3.27. The molecule has 6 heteroatoms. The zero-order valence-corrected chi connectivity index (χ0v) is 10.3. The zero-order chi connectivity index (χ0) is 13.2. The van der Waals surface area contributed by atoms with Crippen molar-refractivity contribution in [1.29, 1.82) is 0 Å². The molecular formula is C13H12N4O2. The molecule has 0 saturated heterocycles. The van der Waals surface area contributed by atoms with E-state index in [1.54, 1.807) is 0 Å². The third-order valence-corrected chi connectivity index (χ3v) is 2.77. The molecular weight excluding hydrogens is 244 g/mol. The Morgan fingerprint density at radius 2 is 2.32 bits per heavy atom. The van der Waals surface area contributed by atoms with Gasteiger partial charge in [0.05, 0.1) is 17.6 Å². The molecule has 1 aromatic carbocycles. The lowest BCUT2D eigenvalue weighted by Crippen LogP contribution is -2.23. The van der Waals surface area contributed by atoms with Gasteiger partial charge < -0.3 is 14.8 Å². The molecule has 0 unspecified atom stereocenters. The SMILES string of the molecule is Cc1ccc2nc(CNC(=O)c3ccon3)[nH]c2c1. The van der Waals surface area contributed by atoms with Crippen molar-refractivity contribution in [1.82, 2.24) is 20.4 Å². The molecule has 0 atom stereocenters. The third-order valence-electron chi connectivity index (χ3n) is 2.77. The minimum atomic E-state index is -0.287. The standard InChI is InChI=1S/C13H12N4O2/c1-8-2-3-9-11(6-8)16-12(15-9)7-14-13(18)10-4-5-19-17-10/h2-6H,7H2,1H3,(H,14,18)(H,15,16). The van der Waals surface area contributed by atoms with E-state index < -0.39 is 0 Å². The summed E-state index contributed by atoms with van der Waals surface area (Å²) >= 11 is 0. The topological polar surface area (TPSA) is 83.8 Å². The number of H-pyrrole nitrogens is 1. The highest BCUT2D eigenvalue weighted by Crippen LogP contribution is 2.13. The lowest BCUT2D eigenvalue weighted by Gasteiger charge is -1.98. The van der Waals surface area contributed by atoms with Crippen molar-refractivity contribution in [3.63, 3.8) is 0 Å². The molecule has 0 fully saturated rings. The number of aryl methyl sites for hydroxylation is 1. The number of nitrogens with one attached hydrogen (secondary N) is 2. The minimum Gasteiger partial charge on any atom is -0.364 e. The molecule has 0 aliphatic carbocycles. The summed E-state index contributed by atoms with van der Waals surface area (Å²) in [6.45, 7) is 2.34. The summed E-state index contributed by atoms with van der Waals surface area (Å²) in [6.07, 6.45) is 1.36. The molecule has 3 aromatic rings. The first kappa shape index (κ1) is 11.5. The van der Waals surface area contributed by atoms with Gasteiger partial charge in [-0.3, -0.25) is 4.79 Å². The van der Waals surface area contributed by atoms with Crippen molar-refractivity contribution in [2.45, 2.75) is 13.5 Å². The predicted molar refractivity (Wildman–Crippen MR) is 68.5 cm³/mol. The van der Waals surface area contributed by atoms with Crippen LogP contribution in [0.5, 0.6) is 0 Å². The van der Waals surface area contributed by atoms with E-state index in [0.29, 0.717) is 12.4 Å². The highest BCUT2D eigenvalue weighted by Gasteiger charge is 2.09. The van der Waals surface area contributed by atoms with Crippen LogP contribution in [0.15, 0.2) is 35.1 Å². The lowest BCUT2D eigenvalue weighted by molar-refractivity contribution is 0.0941. The van der Waals surface area contributed by atoms with Crippen molar-refractivity contribution in [2.24, 2.45) is 0 Å². The average molecular weight is 256 g/mol. The number of aromatic nitrogens is 3.